The number of rotatable bonds is 8. The highest BCUT2D eigenvalue weighted by Crippen LogP contribution is 2.28. The Kier molecular flexibility index (Phi) is 7.72. The van der Waals surface area contributed by atoms with Crippen molar-refractivity contribution in [3.05, 3.63) is 53.6 Å². The minimum Gasteiger partial charge on any atom is -0.493 e. The van der Waals surface area contributed by atoms with Crippen LogP contribution in [0.15, 0.2) is 42.5 Å². The van der Waals surface area contributed by atoms with E-state index in [9.17, 15) is 9.59 Å². The summed E-state index contributed by atoms with van der Waals surface area (Å²) in [4.78, 5) is 29.4. The normalized spacial score (nSPS) is 13.6. The topological polar surface area (TPSA) is 77.5 Å². The standard InChI is InChI=1S/C23H28N2O6/c1-28-14-15-31-19-7-5-4-6-18(19)23(27)25-12-10-24(11-13-25)22(26)17-8-9-20(29-2)21(16-17)30-3/h4-9,16H,10-15H2,1-3H3. The lowest BCUT2D eigenvalue weighted by atomic mass is 10.1. The van der Waals surface area contributed by atoms with E-state index in [2.05, 4.69) is 0 Å². The van der Waals surface area contributed by atoms with Crippen LogP contribution in [0, 0.1) is 0 Å². The number of piperazine rings is 1. The van der Waals surface area contributed by atoms with Crippen LogP contribution in [-0.2, 0) is 4.74 Å². The van der Waals surface area contributed by atoms with Gasteiger partial charge in [-0.15, -0.1) is 0 Å². The van der Waals surface area contributed by atoms with E-state index >= 15 is 0 Å². The van der Waals surface area contributed by atoms with Gasteiger partial charge in [0.2, 0.25) is 0 Å². The Balaban J connectivity index is 1.63. The molecule has 166 valence electrons. The Labute approximate surface area is 182 Å². The van der Waals surface area contributed by atoms with E-state index in [-0.39, 0.29) is 11.8 Å². The first-order valence-electron chi connectivity index (χ1n) is 10.1. The van der Waals surface area contributed by atoms with E-state index in [1.807, 2.05) is 12.1 Å². The average Bonchev–Trinajstić information content (AvgIpc) is 2.83. The van der Waals surface area contributed by atoms with Crippen molar-refractivity contribution in [2.75, 3.05) is 60.7 Å². The fourth-order valence-electron chi connectivity index (χ4n) is 3.44. The molecule has 8 heteroatoms. The SMILES string of the molecule is COCCOc1ccccc1C(=O)N1CCN(C(=O)c2ccc(OC)c(OC)c2)CC1. The van der Waals surface area contributed by atoms with Gasteiger partial charge in [-0.3, -0.25) is 9.59 Å². The van der Waals surface area contributed by atoms with Crippen LogP contribution < -0.4 is 14.2 Å². The van der Waals surface area contributed by atoms with Gasteiger partial charge in [0.15, 0.2) is 11.5 Å². The molecule has 0 unspecified atom stereocenters. The first kappa shape index (κ1) is 22.4. The number of benzene rings is 2. The van der Waals surface area contributed by atoms with Gasteiger partial charge in [-0.2, -0.15) is 0 Å². The Bertz CT molecular complexity index is 909. The van der Waals surface area contributed by atoms with Crippen LogP contribution in [0.25, 0.3) is 0 Å². The molecule has 1 aliphatic rings. The molecule has 3 rings (SSSR count). The summed E-state index contributed by atoms with van der Waals surface area (Å²) in [6.45, 7) is 2.61. The van der Waals surface area contributed by atoms with Crippen molar-refractivity contribution < 1.29 is 28.5 Å². The monoisotopic (exact) mass is 428 g/mol. The van der Waals surface area contributed by atoms with Crippen molar-refractivity contribution >= 4 is 11.8 Å². The lowest BCUT2D eigenvalue weighted by Crippen LogP contribution is -2.50. The Morgan fingerprint density at radius 1 is 0.774 bits per heavy atom. The van der Waals surface area contributed by atoms with Crippen LogP contribution in [0.3, 0.4) is 0 Å². The van der Waals surface area contributed by atoms with E-state index in [0.717, 1.165) is 0 Å². The average molecular weight is 428 g/mol. The lowest BCUT2D eigenvalue weighted by molar-refractivity contribution is 0.0532. The van der Waals surface area contributed by atoms with Crippen LogP contribution in [-0.4, -0.2) is 82.3 Å². The zero-order valence-electron chi connectivity index (χ0n) is 18.1. The van der Waals surface area contributed by atoms with E-state index < -0.39 is 0 Å². The summed E-state index contributed by atoms with van der Waals surface area (Å²) in [6, 6.07) is 12.3. The maximum Gasteiger partial charge on any atom is 0.257 e. The van der Waals surface area contributed by atoms with Crippen molar-refractivity contribution in [1.29, 1.82) is 0 Å². The van der Waals surface area contributed by atoms with Crippen molar-refractivity contribution in [2.45, 2.75) is 0 Å². The third kappa shape index (κ3) is 5.27. The number of hydrogen-bond donors (Lipinski definition) is 0. The van der Waals surface area contributed by atoms with Crippen LogP contribution in [0.4, 0.5) is 0 Å². The van der Waals surface area contributed by atoms with Crippen LogP contribution in [0.2, 0.25) is 0 Å². The first-order chi connectivity index (χ1) is 15.1. The van der Waals surface area contributed by atoms with Gasteiger partial charge < -0.3 is 28.7 Å². The number of hydrogen-bond acceptors (Lipinski definition) is 6. The highest BCUT2D eigenvalue weighted by atomic mass is 16.5. The maximum absolute atomic E-state index is 13.0. The predicted octanol–water partition coefficient (Wildman–Crippen LogP) is 2.33. The van der Waals surface area contributed by atoms with Gasteiger partial charge >= 0.3 is 0 Å². The fourth-order valence-corrected chi connectivity index (χ4v) is 3.44. The Morgan fingerprint density at radius 3 is 2.06 bits per heavy atom. The summed E-state index contributed by atoms with van der Waals surface area (Å²) in [5.41, 5.74) is 1.03. The molecule has 1 fully saturated rings. The number of methoxy groups -OCH3 is 3. The number of nitrogens with zero attached hydrogens (tertiary/aromatic N) is 2. The second kappa shape index (κ2) is 10.7. The lowest BCUT2D eigenvalue weighted by Gasteiger charge is -2.35. The molecule has 2 aromatic carbocycles. The number of para-hydroxylation sites is 1. The minimum atomic E-state index is -0.105. The summed E-state index contributed by atoms with van der Waals surface area (Å²) in [7, 11) is 4.69. The van der Waals surface area contributed by atoms with Crippen LogP contribution in [0.5, 0.6) is 17.2 Å². The third-order valence-electron chi connectivity index (χ3n) is 5.15. The summed E-state index contributed by atoms with van der Waals surface area (Å²) in [5, 5.41) is 0. The number of carbonyl (C=O) groups is 2. The van der Waals surface area contributed by atoms with Crippen LogP contribution in [0.1, 0.15) is 20.7 Å². The summed E-state index contributed by atoms with van der Waals surface area (Å²) < 4.78 is 21.2. The molecular formula is C23H28N2O6. The molecule has 2 aromatic rings. The molecule has 0 bridgehead atoms. The zero-order chi connectivity index (χ0) is 22.2. The molecule has 0 spiro atoms. The maximum atomic E-state index is 13.0. The highest BCUT2D eigenvalue weighted by molar-refractivity contribution is 5.98. The van der Waals surface area contributed by atoms with Crippen molar-refractivity contribution in [2.24, 2.45) is 0 Å². The molecule has 0 radical (unpaired) electrons. The smallest absolute Gasteiger partial charge is 0.257 e. The molecule has 0 N–H and O–H groups in total. The largest absolute Gasteiger partial charge is 0.493 e. The van der Waals surface area contributed by atoms with Gasteiger partial charge in [0.25, 0.3) is 11.8 Å². The van der Waals surface area contributed by atoms with Gasteiger partial charge in [-0.1, -0.05) is 12.1 Å². The highest BCUT2D eigenvalue weighted by Gasteiger charge is 2.27. The quantitative estimate of drug-likeness (QED) is 0.601. The number of ether oxygens (including phenoxy) is 4. The fraction of sp³-hybridized carbons (Fsp3) is 0.391. The zero-order valence-corrected chi connectivity index (χ0v) is 18.1. The van der Waals surface area contributed by atoms with Gasteiger partial charge in [0, 0.05) is 38.9 Å². The molecular weight excluding hydrogens is 400 g/mol. The van der Waals surface area contributed by atoms with Gasteiger partial charge in [-0.25, -0.2) is 0 Å². The summed E-state index contributed by atoms with van der Waals surface area (Å²) in [5.74, 6) is 1.41. The van der Waals surface area contributed by atoms with E-state index in [1.165, 1.54) is 7.11 Å². The molecule has 0 saturated carbocycles. The summed E-state index contributed by atoms with van der Waals surface area (Å²) in [6.07, 6.45) is 0. The minimum absolute atomic E-state index is 0.101. The molecule has 31 heavy (non-hydrogen) atoms. The van der Waals surface area contributed by atoms with Crippen LogP contribution >= 0.6 is 0 Å². The number of carbonyl (C=O) groups excluding carboxylic acids is 2. The molecule has 1 aliphatic heterocycles. The molecule has 0 atom stereocenters. The van der Waals surface area contributed by atoms with Crippen molar-refractivity contribution in [3.8, 4) is 17.2 Å². The molecule has 2 amide bonds. The second-order valence-electron chi connectivity index (χ2n) is 6.99. The summed E-state index contributed by atoms with van der Waals surface area (Å²) >= 11 is 0. The van der Waals surface area contributed by atoms with Gasteiger partial charge in [0.05, 0.1) is 26.4 Å². The van der Waals surface area contributed by atoms with E-state index in [4.69, 9.17) is 18.9 Å². The predicted molar refractivity (Wildman–Crippen MR) is 115 cm³/mol. The third-order valence-corrected chi connectivity index (χ3v) is 5.15. The molecule has 8 nitrogen and oxygen atoms in total. The first-order valence-corrected chi connectivity index (χ1v) is 10.1. The molecule has 1 heterocycles. The van der Waals surface area contributed by atoms with E-state index in [0.29, 0.717) is 67.8 Å². The molecule has 0 aliphatic carbocycles. The van der Waals surface area contributed by atoms with Gasteiger partial charge in [-0.05, 0) is 30.3 Å². The van der Waals surface area contributed by atoms with E-state index in [1.54, 1.807) is 54.4 Å². The Hall–Kier alpha value is -3.26. The second-order valence-corrected chi connectivity index (χ2v) is 6.99. The Morgan fingerprint density at radius 2 is 1.42 bits per heavy atom. The molecule has 0 aromatic heterocycles. The molecule has 1 saturated heterocycles. The van der Waals surface area contributed by atoms with Crippen molar-refractivity contribution in [1.82, 2.24) is 9.80 Å². The number of amides is 2. The van der Waals surface area contributed by atoms with Crippen molar-refractivity contribution in [3.63, 3.8) is 0 Å². The van der Waals surface area contributed by atoms with Gasteiger partial charge in [0.1, 0.15) is 12.4 Å².